The quantitative estimate of drug-likeness (QED) is 0.545. The van der Waals surface area contributed by atoms with Gasteiger partial charge in [0.25, 0.3) is 11.7 Å². The molecule has 2 unspecified atom stereocenters. The highest BCUT2D eigenvalue weighted by Gasteiger charge is 2.32. The summed E-state index contributed by atoms with van der Waals surface area (Å²) in [6.45, 7) is -0.265. The number of hydrogen-bond acceptors (Lipinski definition) is 5. The van der Waals surface area contributed by atoms with Gasteiger partial charge < -0.3 is 20.6 Å². The molecule has 6 heteroatoms. The van der Waals surface area contributed by atoms with E-state index in [4.69, 9.17) is 5.11 Å². The molecule has 2 rings (SSSR count). The molecule has 1 aromatic rings. The van der Waals surface area contributed by atoms with Crippen LogP contribution >= 0.6 is 0 Å². The predicted octanol–water partition coefficient (Wildman–Crippen LogP) is -0.402. The van der Waals surface area contributed by atoms with Crippen molar-refractivity contribution in [1.82, 2.24) is 0 Å². The van der Waals surface area contributed by atoms with Crippen LogP contribution in [0.1, 0.15) is 28.4 Å². The molecule has 1 aromatic carbocycles. The van der Waals surface area contributed by atoms with E-state index in [9.17, 15) is 19.8 Å². The number of benzene rings is 1. The molecule has 0 spiro atoms. The van der Waals surface area contributed by atoms with Crippen molar-refractivity contribution in [2.45, 2.75) is 18.6 Å². The van der Waals surface area contributed by atoms with Gasteiger partial charge in [-0.25, -0.2) is 0 Å². The van der Waals surface area contributed by atoms with Gasteiger partial charge in [0.2, 0.25) is 0 Å². The lowest BCUT2D eigenvalue weighted by Crippen LogP contribution is -2.20. The van der Waals surface area contributed by atoms with Crippen molar-refractivity contribution in [3.63, 3.8) is 0 Å². The molecule has 6 nitrogen and oxygen atoms in total. The van der Waals surface area contributed by atoms with Gasteiger partial charge in [-0.3, -0.25) is 9.59 Å². The number of aliphatic hydroxyl groups excluding tert-OH is 3. The van der Waals surface area contributed by atoms with E-state index in [1.165, 1.54) is 18.2 Å². The lowest BCUT2D eigenvalue weighted by atomic mass is 9.98. The van der Waals surface area contributed by atoms with Crippen molar-refractivity contribution < 1.29 is 24.9 Å². The summed E-state index contributed by atoms with van der Waals surface area (Å²) in [5, 5.41) is 30.6. The molecule has 0 saturated heterocycles. The maximum atomic E-state index is 11.5. The molecule has 96 valence electrons. The number of para-hydroxylation sites is 1. The number of aliphatic hydroxyl groups is 3. The zero-order valence-corrected chi connectivity index (χ0v) is 9.46. The summed E-state index contributed by atoms with van der Waals surface area (Å²) < 4.78 is 0. The average molecular weight is 251 g/mol. The minimum atomic E-state index is -1.27. The van der Waals surface area contributed by atoms with E-state index in [2.05, 4.69) is 5.32 Å². The number of rotatable bonds is 4. The second-order valence-electron chi connectivity index (χ2n) is 4.08. The van der Waals surface area contributed by atoms with Crippen LogP contribution in [0.2, 0.25) is 0 Å². The summed E-state index contributed by atoms with van der Waals surface area (Å²) >= 11 is 0. The summed E-state index contributed by atoms with van der Waals surface area (Å²) in [5.74, 6) is -1.41. The Bertz CT molecular complexity index is 499. The van der Waals surface area contributed by atoms with Crippen LogP contribution in [0.15, 0.2) is 18.2 Å². The van der Waals surface area contributed by atoms with Crippen LogP contribution in [0.3, 0.4) is 0 Å². The zero-order chi connectivity index (χ0) is 13.3. The van der Waals surface area contributed by atoms with Crippen molar-refractivity contribution in [3.8, 4) is 0 Å². The van der Waals surface area contributed by atoms with E-state index >= 15 is 0 Å². The number of hydrogen-bond donors (Lipinski definition) is 4. The van der Waals surface area contributed by atoms with E-state index in [-0.39, 0.29) is 29.8 Å². The summed E-state index contributed by atoms with van der Waals surface area (Å²) in [6, 6.07) is 4.52. The van der Waals surface area contributed by atoms with Crippen molar-refractivity contribution in [1.29, 1.82) is 0 Å². The van der Waals surface area contributed by atoms with Gasteiger partial charge in [0.15, 0.2) is 0 Å². The lowest BCUT2D eigenvalue weighted by molar-refractivity contribution is -0.112. The average Bonchev–Trinajstić information content (AvgIpc) is 2.65. The number of nitrogens with one attached hydrogen (secondary N) is 1. The van der Waals surface area contributed by atoms with Crippen LogP contribution < -0.4 is 5.32 Å². The molecule has 0 radical (unpaired) electrons. The molecule has 0 fully saturated rings. The molecule has 1 aliphatic heterocycles. The second kappa shape index (κ2) is 4.85. The maximum absolute atomic E-state index is 11.5. The summed E-state index contributed by atoms with van der Waals surface area (Å²) in [7, 11) is 0. The van der Waals surface area contributed by atoms with Crippen LogP contribution in [0.4, 0.5) is 5.69 Å². The molecule has 2 atom stereocenters. The Morgan fingerprint density at radius 3 is 2.61 bits per heavy atom. The topological polar surface area (TPSA) is 107 Å². The molecular weight excluding hydrogens is 238 g/mol. The second-order valence-corrected chi connectivity index (χ2v) is 4.08. The number of carbonyl (C=O) groups is 2. The molecule has 1 aliphatic rings. The smallest absolute Gasteiger partial charge is 0.296 e. The molecule has 0 saturated carbocycles. The first kappa shape index (κ1) is 12.7. The normalized spacial score (nSPS) is 17.3. The van der Waals surface area contributed by atoms with Gasteiger partial charge in [0.1, 0.15) is 6.10 Å². The van der Waals surface area contributed by atoms with E-state index in [1.54, 1.807) is 0 Å². The standard InChI is InChI=1S/C12H13NO5/c14-5-4-8(15)10(16)6-2-1-3-7-9(6)13-12(18)11(7)17/h1-3,8,10,14-16H,4-5H2,(H,13,17,18). The third-order valence-corrected chi connectivity index (χ3v) is 2.89. The van der Waals surface area contributed by atoms with Gasteiger partial charge in [-0.1, -0.05) is 12.1 Å². The fourth-order valence-electron chi connectivity index (χ4n) is 1.94. The number of carbonyl (C=O) groups excluding carboxylic acids is 2. The van der Waals surface area contributed by atoms with Crippen LogP contribution in [-0.2, 0) is 4.79 Å². The Kier molecular flexibility index (Phi) is 3.42. The van der Waals surface area contributed by atoms with Gasteiger partial charge >= 0.3 is 0 Å². The summed E-state index contributed by atoms with van der Waals surface area (Å²) in [6.07, 6.45) is -2.42. The van der Waals surface area contributed by atoms with E-state index in [0.29, 0.717) is 0 Å². The highest BCUT2D eigenvalue weighted by Crippen LogP contribution is 2.33. The molecule has 1 heterocycles. The first-order valence-electron chi connectivity index (χ1n) is 5.52. The molecule has 4 N–H and O–H groups in total. The minimum Gasteiger partial charge on any atom is -0.396 e. The minimum absolute atomic E-state index is 0.00667. The highest BCUT2D eigenvalue weighted by atomic mass is 16.3. The van der Waals surface area contributed by atoms with Crippen LogP contribution in [0.5, 0.6) is 0 Å². The van der Waals surface area contributed by atoms with Crippen molar-refractivity contribution >= 4 is 17.4 Å². The fraction of sp³-hybridized carbons (Fsp3) is 0.333. The first-order chi connectivity index (χ1) is 8.56. The van der Waals surface area contributed by atoms with Gasteiger partial charge in [-0.2, -0.15) is 0 Å². The molecule has 0 aliphatic carbocycles. The zero-order valence-electron chi connectivity index (χ0n) is 9.46. The first-order valence-corrected chi connectivity index (χ1v) is 5.52. The van der Waals surface area contributed by atoms with E-state index < -0.39 is 23.9 Å². The van der Waals surface area contributed by atoms with Gasteiger partial charge in [0.05, 0.1) is 17.4 Å². The summed E-state index contributed by atoms with van der Waals surface area (Å²) in [5.41, 5.74) is 0.692. The number of fused-ring (bicyclic) bond motifs is 1. The number of ketones is 1. The number of Topliss-reactive ketones (excluding diaryl/α,β-unsaturated/α-hetero) is 1. The van der Waals surface area contributed by atoms with E-state index in [0.717, 1.165) is 0 Å². The summed E-state index contributed by atoms with van der Waals surface area (Å²) in [4.78, 5) is 22.7. The SMILES string of the molecule is O=C1Nc2c(cccc2C(O)C(O)CCO)C1=O. The van der Waals surface area contributed by atoms with Crippen LogP contribution in [0, 0.1) is 0 Å². The number of amides is 1. The van der Waals surface area contributed by atoms with Crippen LogP contribution in [0.25, 0.3) is 0 Å². The monoisotopic (exact) mass is 251 g/mol. The number of anilines is 1. The molecule has 1 amide bonds. The maximum Gasteiger partial charge on any atom is 0.296 e. The molecule has 0 aromatic heterocycles. The Morgan fingerprint density at radius 2 is 1.94 bits per heavy atom. The van der Waals surface area contributed by atoms with Gasteiger partial charge in [-0.05, 0) is 12.5 Å². The Labute approximate surface area is 103 Å². The Balaban J connectivity index is 2.37. The van der Waals surface area contributed by atoms with E-state index in [1.807, 2.05) is 0 Å². The van der Waals surface area contributed by atoms with Crippen molar-refractivity contribution in [2.24, 2.45) is 0 Å². The van der Waals surface area contributed by atoms with Gasteiger partial charge in [-0.15, -0.1) is 0 Å². The molecule has 18 heavy (non-hydrogen) atoms. The lowest BCUT2D eigenvalue weighted by Gasteiger charge is -2.19. The molecule has 0 bridgehead atoms. The van der Waals surface area contributed by atoms with Crippen LogP contribution in [-0.4, -0.2) is 39.7 Å². The highest BCUT2D eigenvalue weighted by molar-refractivity contribution is 6.51. The van der Waals surface area contributed by atoms with Crippen molar-refractivity contribution in [3.05, 3.63) is 29.3 Å². The molecular formula is C12H13NO5. The predicted molar refractivity (Wildman–Crippen MR) is 62.1 cm³/mol. The largest absolute Gasteiger partial charge is 0.396 e. The third-order valence-electron chi connectivity index (χ3n) is 2.89. The van der Waals surface area contributed by atoms with Gasteiger partial charge in [0, 0.05) is 12.2 Å². The fourth-order valence-corrected chi connectivity index (χ4v) is 1.94. The Morgan fingerprint density at radius 1 is 1.22 bits per heavy atom. The Hall–Kier alpha value is -1.76. The van der Waals surface area contributed by atoms with Crippen molar-refractivity contribution in [2.75, 3.05) is 11.9 Å². The third kappa shape index (κ3) is 2.01.